The molecule has 0 aromatic heterocycles. The van der Waals surface area contributed by atoms with E-state index in [1.165, 1.54) is 36.8 Å². The average Bonchev–Trinajstić information content (AvgIpc) is 3.01. The van der Waals surface area contributed by atoms with E-state index in [-0.39, 0.29) is 5.41 Å². The lowest BCUT2D eigenvalue weighted by molar-refractivity contribution is 0.0537. The molecule has 110 valence electrons. The van der Waals surface area contributed by atoms with Crippen LogP contribution in [0, 0.1) is 11.3 Å². The van der Waals surface area contributed by atoms with Crippen molar-refractivity contribution < 1.29 is 4.74 Å². The second kappa shape index (κ2) is 4.84. The maximum Gasteiger partial charge on any atom is 0.0778 e. The molecule has 1 heterocycles. The van der Waals surface area contributed by atoms with Crippen molar-refractivity contribution in [2.24, 2.45) is 11.3 Å². The van der Waals surface area contributed by atoms with Gasteiger partial charge in [-0.3, -0.25) is 0 Å². The van der Waals surface area contributed by atoms with Crippen LogP contribution in [0.4, 0.5) is 0 Å². The minimum absolute atomic E-state index is 0.255. The zero-order chi connectivity index (χ0) is 14.4. The summed E-state index contributed by atoms with van der Waals surface area (Å²) in [6.07, 6.45) is 8.08. The van der Waals surface area contributed by atoms with Gasteiger partial charge in [0.05, 0.1) is 12.7 Å². The molecule has 1 saturated heterocycles. The fourth-order valence-electron chi connectivity index (χ4n) is 5.04. The summed E-state index contributed by atoms with van der Waals surface area (Å²) in [5.41, 5.74) is 4.63. The molecule has 1 nitrogen and oxygen atoms in total. The van der Waals surface area contributed by atoms with E-state index in [0.717, 1.165) is 6.61 Å². The van der Waals surface area contributed by atoms with Crippen molar-refractivity contribution in [1.82, 2.24) is 0 Å². The molecule has 1 aromatic rings. The third-order valence-corrected chi connectivity index (χ3v) is 5.94. The van der Waals surface area contributed by atoms with Gasteiger partial charge in [0, 0.05) is 17.3 Å². The van der Waals surface area contributed by atoms with Gasteiger partial charge in [-0.2, -0.15) is 0 Å². The van der Waals surface area contributed by atoms with Crippen LogP contribution in [0.3, 0.4) is 0 Å². The Morgan fingerprint density at radius 2 is 2.05 bits per heavy atom. The molecule has 0 N–H and O–H groups in total. The maximum absolute atomic E-state index is 6.37. The van der Waals surface area contributed by atoms with Gasteiger partial charge in [-0.25, -0.2) is 0 Å². The molecule has 3 aliphatic rings. The van der Waals surface area contributed by atoms with Crippen LogP contribution in [0.2, 0.25) is 0 Å². The van der Waals surface area contributed by atoms with Crippen LogP contribution in [-0.4, -0.2) is 12.7 Å². The number of benzene rings is 1. The SMILES string of the molecule is C=C(C)[C@@H]1CO[C@H]2[C@H](c3ccccc3)C=C3CCCC[C@]312. The molecule has 2 fully saturated rings. The quantitative estimate of drug-likeness (QED) is 0.703. The van der Waals surface area contributed by atoms with Crippen LogP contribution in [-0.2, 0) is 4.74 Å². The van der Waals surface area contributed by atoms with Crippen LogP contribution in [0.25, 0.3) is 0 Å². The molecule has 4 atom stereocenters. The van der Waals surface area contributed by atoms with Gasteiger partial charge in [-0.1, -0.05) is 60.6 Å². The van der Waals surface area contributed by atoms with Crippen molar-refractivity contribution in [2.75, 3.05) is 6.61 Å². The molecule has 1 heteroatoms. The summed E-state index contributed by atoms with van der Waals surface area (Å²) < 4.78 is 6.37. The number of hydrogen-bond donors (Lipinski definition) is 0. The molecule has 21 heavy (non-hydrogen) atoms. The van der Waals surface area contributed by atoms with E-state index in [1.54, 1.807) is 5.57 Å². The monoisotopic (exact) mass is 280 g/mol. The Labute approximate surface area is 127 Å². The third-order valence-electron chi connectivity index (χ3n) is 5.94. The molecular formula is C20H24O. The predicted molar refractivity (Wildman–Crippen MR) is 86.2 cm³/mol. The van der Waals surface area contributed by atoms with E-state index in [2.05, 4.69) is 49.9 Å². The van der Waals surface area contributed by atoms with E-state index in [0.29, 0.717) is 17.9 Å². The topological polar surface area (TPSA) is 9.23 Å². The smallest absolute Gasteiger partial charge is 0.0778 e. The first-order valence-electron chi connectivity index (χ1n) is 8.26. The van der Waals surface area contributed by atoms with Crippen LogP contribution in [0.5, 0.6) is 0 Å². The largest absolute Gasteiger partial charge is 0.376 e. The van der Waals surface area contributed by atoms with E-state index in [1.807, 2.05) is 0 Å². The standard InChI is InChI=1S/C20H24O/c1-14(2)18-13-21-19-17(15-8-4-3-5-9-15)12-16-10-6-7-11-20(16,18)19/h3-5,8-9,12,17-19H,1,6-7,10-11,13H2,2H3/t17-,18-,19-,20-/m0/s1. The summed E-state index contributed by atoms with van der Waals surface area (Å²) in [5, 5.41) is 0. The highest BCUT2D eigenvalue weighted by Crippen LogP contribution is 2.62. The van der Waals surface area contributed by atoms with Gasteiger partial charge in [0.15, 0.2) is 0 Å². The van der Waals surface area contributed by atoms with E-state index in [4.69, 9.17) is 4.74 Å². The van der Waals surface area contributed by atoms with E-state index < -0.39 is 0 Å². The molecule has 1 aliphatic heterocycles. The third kappa shape index (κ3) is 1.80. The first kappa shape index (κ1) is 13.3. The Morgan fingerprint density at radius 3 is 2.81 bits per heavy atom. The Hall–Kier alpha value is -1.34. The normalized spacial score (nSPS) is 37.8. The molecule has 1 spiro atoms. The minimum Gasteiger partial charge on any atom is -0.376 e. The number of hydrogen-bond acceptors (Lipinski definition) is 1. The van der Waals surface area contributed by atoms with Crippen LogP contribution in [0.15, 0.2) is 54.1 Å². The lowest BCUT2D eigenvalue weighted by Crippen LogP contribution is -2.39. The summed E-state index contributed by atoms with van der Waals surface area (Å²) in [5.74, 6) is 0.950. The van der Waals surface area contributed by atoms with Gasteiger partial charge in [-0.15, -0.1) is 0 Å². The fraction of sp³-hybridized carbons (Fsp3) is 0.500. The lowest BCUT2D eigenvalue weighted by atomic mass is 9.61. The van der Waals surface area contributed by atoms with Gasteiger partial charge < -0.3 is 4.74 Å². The van der Waals surface area contributed by atoms with E-state index in [9.17, 15) is 0 Å². The molecular weight excluding hydrogens is 256 g/mol. The molecule has 0 radical (unpaired) electrons. The van der Waals surface area contributed by atoms with Gasteiger partial charge >= 0.3 is 0 Å². The second-order valence-electron chi connectivity index (χ2n) is 7.03. The molecule has 2 aliphatic carbocycles. The molecule has 4 rings (SSSR count). The first-order valence-corrected chi connectivity index (χ1v) is 8.26. The molecule has 1 aromatic carbocycles. The van der Waals surface area contributed by atoms with Crippen molar-refractivity contribution in [1.29, 1.82) is 0 Å². The van der Waals surface area contributed by atoms with Crippen molar-refractivity contribution in [3.05, 3.63) is 59.7 Å². The highest BCUT2D eigenvalue weighted by atomic mass is 16.5. The molecule has 0 amide bonds. The highest BCUT2D eigenvalue weighted by Gasteiger charge is 2.59. The Morgan fingerprint density at radius 1 is 1.24 bits per heavy atom. The Kier molecular flexibility index (Phi) is 3.08. The highest BCUT2D eigenvalue weighted by molar-refractivity contribution is 5.41. The van der Waals surface area contributed by atoms with Crippen molar-refractivity contribution in [2.45, 2.75) is 44.6 Å². The Balaban J connectivity index is 1.79. The molecule has 0 bridgehead atoms. The van der Waals surface area contributed by atoms with Gasteiger partial charge in [0.1, 0.15) is 0 Å². The molecule has 0 unspecified atom stereocenters. The minimum atomic E-state index is 0.255. The van der Waals surface area contributed by atoms with Gasteiger partial charge in [0.25, 0.3) is 0 Å². The molecule has 1 saturated carbocycles. The summed E-state index contributed by atoms with van der Waals surface area (Å²) in [4.78, 5) is 0. The summed E-state index contributed by atoms with van der Waals surface area (Å²) in [6, 6.07) is 10.9. The summed E-state index contributed by atoms with van der Waals surface area (Å²) >= 11 is 0. The summed E-state index contributed by atoms with van der Waals surface area (Å²) in [6.45, 7) is 7.32. The van der Waals surface area contributed by atoms with Gasteiger partial charge in [0.2, 0.25) is 0 Å². The Bertz CT molecular complexity index is 585. The van der Waals surface area contributed by atoms with Crippen LogP contribution < -0.4 is 0 Å². The number of rotatable bonds is 2. The average molecular weight is 280 g/mol. The van der Waals surface area contributed by atoms with Crippen molar-refractivity contribution >= 4 is 0 Å². The van der Waals surface area contributed by atoms with E-state index >= 15 is 0 Å². The predicted octanol–water partition coefficient (Wildman–Crippen LogP) is 4.86. The zero-order valence-corrected chi connectivity index (χ0v) is 12.8. The van der Waals surface area contributed by atoms with Crippen LogP contribution in [0.1, 0.15) is 44.1 Å². The first-order chi connectivity index (χ1) is 10.2. The van der Waals surface area contributed by atoms with Crippen molar-refractivity contribution in [3.8, 4) is 0 Å². The maximum atomic E-state index is 6.37. The van der Waals surface area contributed by atoms with Gasteiger partial charge in [-0.05, 0) is 31.7 Å². The number of ether oxygens (including phenoxy) is 1. The summed E-state index contributed by atoms with van der Waals surface area (Å²) in [7, 11) is 0. The fourth-order valence-corrected chi connectivity index (χ4v) is 5.04. The zero-order valence-electron chi connectivity index (χ0n) is 12.8. The lowest BCUT2D eigenvalue weighted by Gasteiger charge is -2.41. The van der Waals surface area contributed by atoms with Crippen LogP contribution >= 0.6 is 0 Å². The second-order valence-corrected chi connectivity index (χ2v) is 7.03. The van der Waals surface area contributed by atoms with Crippen molar-refractivity contribution in [3.63, 3.8) is 0 Å².